The second-order valence-electron chi connectivity index (χ2n) is 5.84. The molecule has 0 spiro atoms. The van der Waals surface area contributed by atoms with Gasteiger partial charge in [-0.25, -0.2) is 0 Å². The molecule has 0 saturated carbocycles. The van der Waals surface area contributed by atoms with E-state index in [2.05, 4.69) is 10.6 Å². The minimum atomic E-state index is -0.548. The van der Waals surface area contributed by atoms with Crippen LogP contribution >= 0.6 is 0 Å². The summed E-state index contributed by atoms with van der Waals surface area (Å²) < 4.78 is 0. The molecule has 5 heteroatoms. The van der Waals surface area contributed by atoms with Crippen molar-refractivity contribution in [2.45, 2.75) is 33.4 Å². The van der Waals surface area contributed by atoms with Gasteiger partial charge in [-0.05, 0) is 23.1 Å². The van der Waals surface area contributed by atoms with Crippen molar-refractivity contribution < 1.29 is 9.59 Å². The molecule has 0 aromatic heterocycles. The molecule has 0 aliphatic rings. The molecule has 1 atom stereocenters. The fourth-order valence-electron chi connectivity index (χ4n) is 1.61. The van der Waals surface area contributed by atoms with Gasteiger partial charge in [0.1, 0.15) is 0 Å². The Bertz CT molecular complexity index is 475. The normalized spacial score (nSPS) is 12.7. The molecular weight excluding hydrogens is 254 g/mol. The lowest BCUT2D eigenvalue weighted by Gasteiger charge is -2.25. The SMILES string of the molecule is CNC(=O)c1ccc(CNC(=O)C(N)C(C)(C)C)cc1. The topological polar surface area (TPSA) is 84.2 Å². The van der Waals surface area contributed by atoms with E-state index in [-0.39, 0.29) is 17.2 Å². The van der Waals surface area contributed by atoms with Gasteiger partial charge < -0.3 is 16.4 Å². The summed E-state index contributed by atoms with van der Waals surface area (Å²) in [5.74, 6) is -0.303. The van der Waals surface area contributed by atoms with Crippen LogP contribution in [0.2, 0.25) is 0 Å². The Kier molecular flexibility index (Phi) is 5.27. The summed E-state index contributed by atoms with van der Waals surface area (Å²) in [6.07, 6.45) is 0. The fraction of sp³-hybridized carbons (Fsp3) is 0.467. The molecule has 0 saturated heterocycles. The Labute approximate surface area is 119 Å². The summed E-state index contributed by atoms with van der Waals surface area (Å²) in [6.45, 7) is 6.18. The van der Waals surface area contributed by atoms with Gasteiger partial charge >= 0.3 is 0 Å². The Balaban J connectivity index is 2.58. The van der Waals surface area contributed by atoms with Crippen LogP contribution in [0.15, 0.2) is 24.3 Å². The first kappa shape index (κ1) is 16.2. The zero-order valence-corrected chi connectivity index (χ0v) is 12.5. The van der Waals surface area contributed by atoms with Crippen LogP contribution < -0.4 is 16.4 Å². The van der Waals surface area contributed by atoms with Crippen LogP contribution in [0.3, 0.4) is 0 Å². The third-order valence-electron chi connectivity index (χ3n) is 3.13. The average molecular weight is 277 g/mol. The predicted octanol–water partition coefficient (Wildman–Crippen LogP) is 1.04. The largest absolute Gasteiger partial charge is 0.355 e. The van der Waals surface area contributed by atoms with Crippen molar-refractivity contribution >= 4 is 11.8 Å². The number of benzene rings is 1. The quantitative estimate of drug-likeness (QED) is 0.768. The summed E-state index contributed by atoms with van der Waals surface area (Å²) in [6, 6.07) is 6.53. The molecule has 1 aromatic rings. The average Bonchev–Trinajstić information content (AvgIpc) is 2.42. The highest BCUT2D eigenvalue weighted by atomic mass is 16.2. The Morgan fingerprint density at radius 1 is 1.20 bits per heavy atom. The molecule has 0 radical (unpaired) electrons. The zero-order chi connectivity index (χ0) is 15.3. The Morgan fingerprint density at radius 3 is 2.20 bits per heavy atom. The molecule has 5 nitrogen and oxygen atoms in total. The Morgan fingerprint density at radius 2 is 1.75 bits per heavy atom. The lowest BCUT2D eigenvalue weighted by Crippen LogP contribution is -2.48. The van der Waals surface area contributed by atoms with Crippen molar-refractivity contribution in [2.75, 3.05) is 7.05 Å². The predicted molar refractivity (Wildman–Crippen MR) is 79.1 cm³/mol. The van der Waals surface area contributed by atoms with Gasteiger partial charge in [0.15, 0.2) is 0 Å². The first-order valence-electron chi connectivity index (χ1n) is 6.60. The van der Waals surface area contributed by atoms with E-state index in [4.69, 9.17) is 5.73 Å². The lowest BCUT2D eigenvalue weighted by molar-refractivity contribution is -0.124. The molecule has 110 valence electrons. The van der Waals surface area contributed by atoms with Crippen molar-refractivity contribution in [3.05, 3.63) is 35.4 Å². The van der Waals surface area contributed by atoms with E-state index in [0.717, 1.165) is 5.56 Å². The number of rotatable bonds is 4. The van der Waals surface area contributed by atoms with Crippen molar-refractivity contribution in [1.82, 2.24) is 10.6 Å². The number of hydrogen-bond donors (Lipinski definition) is 3. The Hall–Kier alpha value is -1.88. The van der Waals surface area contributed by atoms with Gasteiger partial charge in [-0.15, -0.1) is 0 Å². The van der Waals surface area contributed by atoms with Crippen LogP contribution in [-0.4, -0.2) is 24.9 Å². The minimum absolute atomic E-state index is 0.129. The van der Waals surface area contributed by atoms with Crippen molar-refractivity contribution in [3.8, 4) is 0 Å². The van der Waals surface area contributed by atoms with E-state index in [0.29, 0.717) is 12.1 Å². The number of carbonyl (C=O) groups is 2. The molecule has 0 bridgehead atoms. The minimum Gasteiger partial charge on any atom is -0.355 e. The lowest BCUT2D eigenvalue weighted by atomic mass is 9.87. The van der Waals surface area contributed by atoms with Gasteiger partial charge in [-0.2, -0.15) is 0 Å². The maximum atomic E-state index is 11.9. The molecule has 0 fully saturated rings. The van der Waals surface area contributed by atoms with Crippen LogP contribution in [0.4, 0.5) is 0 Å². The monoisotopic (exact) mass is 277 g/mol. The first-order valence-corrected chi connectivity index (χ1v) is 6.60. The third-order valence-corrected chi connectivity index (χ3v) is 3.13. The highest BCUT2D eigenvalue weighted by Crippen LogP contribution is 2.17. The maximum Gasteiger partial charge on any atom is 0.251 e. The molecule has 4 N–H and O–H groups in total. The van der Waals surface area contributed by atoms with Gasteiger partial charge in [0.05, 0.1) is 6.04 Å². The molecular formula is C15H23N3O2. The van der Waals surface area contributed by atoms with Crippen molar-refractivity contribution in [2.24, 2.45) is 11.1 Å². The van der Waals surface area contributed by atoms with Crippen LogP contribution in [0.1, 0.15) is 36.7 Å². The first-order chi connectivity index (χ1) is 9.25. The number of amides is 2. The highest BCUT2D eigenvalue weighted by Gasteiger charge is 2.26. The number of hydrogen-bond acceptors (Lipinski definition) is 3. The van der Waals surface area contributed by atoms with E-state index in [9.17, 15) is 9.59 Å². The summed E-state index contributed by atoms with van der Waals surface area (Å²) in [5.41, 5.74) is 7.12. The molecule has 0 aliphatic heterocycles. The highest BCUT2D eigenvalue weighted by molar-refractivity contribution is 5.93. The summed E-state index contributed by atoms with van der Waals surface area (Å²) in [7, 11) is 1.59. The van der Waals surface area contributed by atoms with Gasteiger partial charge in [0, 0.05) is 19.2 Å². The van der Waals surface area contributed by atoms with Crippen LogP contribution in [0, 0.1) is 5.41 Å². The summed E-state index contributed by atoms with van der Waals surface area (Å²) >= 11 is 0. The van der Waals surface area contributed by atoms with Gasteiger partial charge in [0.2, 0.25) is 5.91 Å². The van der Waals surface area contributed by atoms with E-state index in [1.807, 2.05) is 32.9 Å². The smallest absolute Gasteiger partial charge is 0.251 e. The van der Waals surface area contributed by atoms with Gasteiger partial charge in [-0.1, -0.05) is 32.9 Å². The van der Waals surface area contributed by atoms with Crippen LogP contribution in [0.25, 0.3) is 0 Å². The molecule has 2 amide bonds. The zero-order valence-electron chi connectivity index (χ0n) is 12.5. The van der Waals surface area contributed by atoms with E-state index in [1.54, 1.807) is 19.2 Å². The van der Waals surface area contributed by atoms with Gasteiger partial charge in [-0.3, -0.25) is 9.59 Å². The van der Waals surface area contributed by atoms with E-state index >= 15 is 0 Å². The number of nitrogens with one attached hydrogen (secondary N) is 2. The van der Waals surface area contributed by atoms with Crippen molar-refractivity contribution in [3.63, 3.8) is 0 Å². The van der Waals surface area contributed by atoms with Crippen molar-refractivity contribution in [1.29, 1.82) is 0 Å². The summed E-state index contributed by atoms with van der Waals surface area (Å²) in [4.78, 5) is 23.3. The van der Waals surface area contributed by atoms with Crippen LogP contribution in [-0.2, 0) is 11.3 Å². The standard InChI is InChI=1S/C15H23N3O2/c1-15(2,3)12(16)14(20)18-9-10-5-7-11(8-6-10)13(19)17-4/h5-8,12H,9,16H2,1-4H3,(H,17,19)(H,18,20). The number of carbonyl (C=O) groups excluding carboxylic acids is 2. The number of nitrogens with two attached hydrogens (primary N) is 1. The molecule has 0 heterocycles. The maximum absolute atomic E-state index is 11.9. The van der Waals surface area contributed by atoms with E-state index < -0.39 is 6.04 Å². The molecule has 1 rings (SSSR count). The molecule has 20 heavy (non-hydrogen) atoms. The molecule has 0 aliphatic carbocycles. The second kappa shape index (κ2) is 6.52. The molecule has 1 aromatic carbocycles. The third kappa shape index (κ3) is 4.35. The second-order valence-corrected chi connectivity index (χ2v) is 5.84. The van der Waals surface area contributed by atoms with Gasteiger partial charge in [0.25, 0.3) is 5.91 Å². The van der Waals surface area contributed by atoms with Crippen LogP contribution in [0.5, 0.6) is 0 Å². The fourth-order valence-corrected chi connectivity index (χ4v) is 1.61. The molecule has 1 unspecified atom stereocenters. The van der Waals surface area contributed by atoms with E-state index in [1.165, 1.54) is 0 Å². The summed E-state index contributed by atoms with van der Waals surface area (Å²) in [5, 5.41) is 5.36.